The molecular weight excluding hydrogens is 416 g/mol. The van der Waals surface area contributed by atoms with Crippen LogP contribution in [-0.4, -0.2) is 55.0 Å². The molecule has 7 nitrogen and oxygen atoms in total. The number of carbonyl (C=O) groups excluding carboxylic acids is 2. The van der Waals surface area contributed by atoms with Crippen LogP contribution in [0, 0.1) is 11.3 Å². The number of carbonyl (C=O) groups is 2. The second kappa shape index (κ2) is 8.55. The Morgan fingerprint density at radius 3 is 2.79 bits per heavy atom. The number of hydrogen-bond acceptors (Lipinski definition) is 5. The van der Waals surface area contributed by atoms with Crippen LogP contribution >= 0.6 is 0 Å². The second-order valence-corrected chi connectivity index (χ2v) is 8.74. The topological polar surface area (TPSA) is 98.5 Å². The van der Waals surface area contributed by atoms with Gasteiger partial charge in [0.25, 0.3) is 5.91 Å². The molecule has 0 aliphatic heterocycles. The van der Waals surface area contributed by atoms with E-state index in [4.69, 9.17) is 10.00 Å². The largest absolute Gasteiger partial charge is 0.484 e. The molecule has 1 aromatic heterocycles. The van der Waals surface area contributed by atoms with E-state index in [-0.39, 0.29) is 24.7 Å². The fourth-order valence-electron chi connectivity index (χ4n) is 4.34. The van der Waals surface area contributed by atoms with Crippen molar-refractivity contribution in [2.75, 3.05) is 27.2 Å². The average Bonchev–Trinajstić information content (AvgIpc) is 3.20. The number of amides is 1. The zero-order chi connectivity index (χ0) is 23.8. The van der Waals surface area contributed by atoms with Gasteiger partial charge in [0.2, 0.25) is 0 Å². The summed E-state index contributed by atoms with van der Waals surface area (Å²) in [5, 5.41) is 9.58. The Morgan fingerprint density at radius 1 is 1.27 bits per heavy atom. The van der Waals surface area contributed by atoms with Crippen LogP contribution in [0.5, 0.6) is 5.75 Å². The molecule has 4 rings (SSSR count). The molecule has 1 aliphatic carbocycles. The first kappa shape index (κ1) is 22.3. The van der Waals surface area contributed by atoms with Gasteiger partial charge in [-0.15, -0.1) is 0 Å². The van der Waals surface area contributed by atoms with E-state index in [2.05, 4.69) is 23.8 Å². The van der Waals surface area contributed by atoms with Gasteiger partial charge in [-0.05, 0) is 35.4 Å². The van der Waals surface area contributed by atoms with E-state index in [1.54, 1.807) is 32.4 Å². The number of fused-ring (bicyclic) bond motifs is 4. The Kier molecular flexibility index (Phi) is 5.77. The maximum absolute atomic E-state index is 13.5. The van der Waals surface area contributed by atoms with E-state index in [1.807, 2.05) is 30.3 Å². The SMILES string of the molecule is CN=Cc1ccc2c3c([nH]c2c1)C(C)(C)c1cc(OCC(=O)N(C)CCC#N)ccc1C3=O. The van der Waals surface area contributed by atoms with E-state index in [9.17, 15) is 9.59 Å². The van der Waals surface area contributed by atoms with Crippen molar-refractivity contribution in [3.05, 3.63) is 64.3 Å². The fourth-order valence-corrected chi connectivity index (χ4v) is 4.34. The third kappa shape index (κ3) is 3.89. The lowest BCUT2D eigenvalue weighted by Crippen LogP contribution is -2.32. The van der Waals surface area contributed by atoms with Crippen molar-refractivity contribution in [1.82, 2.24) is 9.88 Å². The van der Waals surface area contributed by atoms with Crippen molar-refractivity contribution in [3.63, 3.8) is 0 Å². The summed E-state index contributed by atoms with van der Waals surface area (Å²) in [5.74, 6) is 0.293. The number of nitrogens with one attached hydrogen (secondary N) is 1. The predicted molar refractivity (Wildman–Crippen MR) is 127 cm³/mol. The number of nitrogens with zero attached hydrogens (tertiary/aromatic N) is 3. The zero-order valence-electron chi connectivity index (χ0n) is 19.2. The normalized spacial score (nSPS) is 14.1. The van der Waals surface area contributed by atoms with Gasteiger partial charge in [0.05, 0.1) is 18.1 Å². The number of aromatic amines is 1. The Bertz CT molecular complexity index is 1330. The summed E-state index contributed by atoms with van der Waals surface area (Å²) in [6.07, 6.45) is 2.06. The molecule has 1 N–H and O–H groups in total. The van der Waals surface area contributed by atoms with Gasteiger partial charge in [-0.25, -0.2) is 0 Å². The van der Waals surface area contributed by atoms with Crippen molar-refractivity contribution < 1.29 is 14.3 Å². The second-order valence-electron chi connectivity index (χ2n) is 8.74. The van der Waals surface area contributed by atoms with Crippen LogP contribution in [0.15, 0.2) is 41.4 Å². The summed E-state index contributed by atoms with van der Waals surface area (Å²) in [6, 6.07) is 13.3. The van der Waals surface area contributed by atoms with Crippen molar-refractivity contribution >= 4 is 28.8 Å². The minimum atomic E-state index is -0.469. The molecular formula is C26H26N4O3. The molecule has 0 unspecified atom stereocenters. The zero-order valence-corrected chi connectivity index (χ0v) is 19.2. The fraction of sp³-hybridized carbons (Fsp3) is 0.308. The molecule has 7 heteroatoms. The highest BCUT2D eigenvalue weighted by Gasteiger charge is 2.39. The Morgan fingerprint density at radius 2 is 2.06 bits per heavy atom. The minimum absolute atomic E-state index is 0.0265. The summed E-state index contributed by atoms with van der Waals surface area (Å²) < 4.78 is 5.74. The first-order chi connectivity index (χ1) is 15.8. The van der Waals surface area contributed by atoms with Crippen molar-refractivity contribution in [3.8, 4) is 11.8 Å². The lowest BCUT2D eigenvalue weighted by molar-refractivity contribution is -0.131. The number of nitriles is 1. The number of aromatic nitrogens is 1. The molecule has 0 fully saturated rings. The molecule has 0 saturated carbocycles. The predicted octanol–water partition coefficient (Wildman–Crippen LogP) is 3.84. The van der Waals surface area contributed by atoms with E-state index >= 15 is 0 Å². The van der Waals surface area contributed by atoms with Crippen LogP contribution in [-0.2, 0) is 10.2 Å². The summed E-state index contributed by atoms with van der Waals surface area (Å²) in [5.41, 5.74) is 4.45. The van der Waals surface area contributed by atoms with Gasteiger partial charge in [0, 0.05) is 54.4 Å². The molecule has 1 heterocycles. The van der Waals surface area contributed by atoms with Gasteiger partial charge < -0.3 is 14.6 Å². The van der Waals surface area contributed by atoms with Crippen LogP contribution in [0.4, 0.5) is 0 Å². The molecule has 0 bridgehead atoms. The highest BCUT2D eigenvalue weighted by Crippen LogP contribution is 2.44. The molecule has 0 atom stereocenters. The molecule has 168 valence electrons. The number of rotatable bonds is 6. The molecule has 0 saturated heterocycles. The first-order valence-electron chi connectivity index (χ1n) is 10.8. The Labute approximate surface area is 192 Å². The highest BCUT2D eigenvalue weighted by molar-refractivity contribution is 6.20. The third-order valence-corrected chi connectivity index (χ3v) is 6.21. The number of hydrogen-bond donors (Lipinski definition) is 1. The summed E-state index contributed by atoms with van der Waals surface area (Å²) in [4.78, 5) is 34.7. The van der Waals surface area contributed by atoms with E-state index in [0.29, 0.717) is 23.4 Å². The molecule has 0 spiro atoms. The van der Waals surface area contributed by atoms with Gasteiger partial charge in [0.1, 0.15) is 5.75 Å². The summed E-state index contributed by atoms with van der Waals surface area (Å²) >= 11 is 0. The van der Waals surface area contributed by atoms with Gasteiger partial charge in [0.15, 0.2) is 12.4 Å². The van der Waals surface area contributed by atoms with Crippen LogP contribution in [0.2, 0.25) is 0 Å². The molecule has 3 aromatic rings. The lowest BCUT2D eigenvalue weighted by atomic mass is 9.71. The maximum Gasteiger partial charge on any atom is 0.260 e. The molecule has 33 heavy (non-hydrogen) atoms. The van der Waals surface area contributed by atoms with E-state index in [1.165, 1.54) is 4.90 Å². The minimum Gasteiger partial charge on any atom is -0.484 e. The number of benzene rings is 2. The van der Waals surface area contributed by atoms with Crippen molar-refractivity contribution in [2.45, 2.75) is 25.7 Å². The highest BCUT2D eigenvalue weighted by atomic mass is 16.5. The lowest BCUT2D eigenvalue weighted by Gasteiger charge is -2.32. The van der Waals surface area contributed by atoms with Crippen LogP contribution in [0.25, 0.3) is 10.9 Å². The molecule has 2 aromatic carbocycles. The summed E-state index contributed by atoms with van der Waals surface area (Å²) in [6.45, 7) is 4.38. The number of H-pyrrole nitrogens is 1. The maximum atomic E-state index is 13.5. The number of ketones is 1. The number of likely N-dealkylation sites (N-methyl/N-ethyl adjacent to an activating group) is 1. The summed E-state index contributed by atoms with van der Waals surface area (Å²) in [7, 11) is 3.37. The monoisotopic (exact) mass is 442 g/mol. The van der Waals surface area contributed by atoms with E-state index in [0.717, 1.165) is 27.7 Å². The molecule has 1 aliphatic rings. The molecule has 1 amide bonds. The quantitative estimate of drug-likeness (QED) is 0.587. The third-order valence-electron chi connectivity index (χ3n) is 6.21. The van der Waals surface area contributed by atoms with Gasteiger partial charge >= 0.3 is 0 Å². The Hall–Kier alpha value is -3.92. The smallest absolute Gasteiger partial charge is 0.260 e. The van der Waals surface area contributed by atoms with Crippen LogP contribution in [0.3, 0.4) is 0 Å². The first-order valence-corrected chi connectivity index (χ1v) is 10.8. The van der Waals surface area contributed by atoms with Crippen LogP contribution < -0.4 is 4.74 Å². The standard InChI is InChI=1S/C26H26N4O3/c1-26(2)20-13-17(33-15-22(31)30(4)11-5-10-27)7-9-18(20)24(32)23-19-8-6-16(14-28-3)12-21(19)29-25(23)26/h6-9,12-14,29H,5,11,15H2,1-4H3. The average molecular weight is 443 g/mol. The van der Waals surface area contributed by atoms with Gasteiger partial charge in [-0.3, -0.25) is 14.6 Å². The van der Waals surface area contributed by atoms with Crippen molar-refractivity contribution in [2.24, 2.45) is 4.99 Å². The Balaban J connectivity index is 1.66. The van der Waals surface area contributed by atoms with E-state index < -0.39 is 5.41 Å². The van der Waals surface area contributed by atoms with Gasteiger partial charge in [-0.2, -0.15) is 5.26 Å². The van der Waals surface area contributed by atoms with Gasteiger partial charge in [-0.1, -0.05) is 26.0 Å². The van der Waals surface area contributed by atoms with Crippen LogP contribution in [0.1, 0.15) is 53.0 Å². The number of aliphatic imine (C=N–C) groups is 1. The molecule has 0 radical (unpaired) electrons. The number of ether oxygens (including phenoxy) is 1. The van der Waals surface area contributed by atoms with Crippen molar-refractivity contribution in [1.29, 1.82) is 5.26 Å².